The fourth-order valence-electron chi connectivity index (χ4n) is 3.45. The normalized spacial score (nSPS) is 22.7. The van der Waals surface area contributed by atoms with Gasteiger partial charge in [0.15, 0.2) is 0 Å². The van der Waals surface area contributed by atoms with Crippen LogP contribution in [-0.4, -0.2) is 50.2 Å². The van der Waals surface area contributed by atoms with E-state index in [0.717, 1.165) is 18.8 Å². The molecule has 1 aromatic carbocycles. The third kappa shape index (κ3) is 2.83. The number of nitrogens with zero attached hydrogens (tertiary/aromatic N) is 2. The summed E-state index contributed by atoms with van der Waals surface area (Å²) in [6.07, 6.45) is 3.84. The van der Waals surface area contributed by atoms with Crippen molar-refractivity contribution in [2.75, 3.05) is 43.9 Å². The molecule has 2 N–H and O–H groups in total. The van der Waals surface area contributed by atoms with Gasteiger partial charge in [-0.1, -0.05) is 0 Å². The third-order valence-corrected chi connectivity index (χ3v) is 4.61. The second-order valence-corrected chi connectivity index (χ2v) is 5.90. The largest absolute Gasteiger partial charge is 0.465 e. The first-order valence-corrected chi connectivity index (χ1v) is 7.66. The summed E-state index contributed by atoms with van der Waals surface area (Å²) in [6, 6.07) is 6.09. The Hall–Kier alpha value is -1.75. The maximum absolute atomic E-state index is 11.5. The molecule has 0 aliphatic carbocycles. The van der Waals surface area contributed by atoms with Gasteiger partial charge in [0.2, 0.25) is 0 Å². The number of hydrogen-bond donors (Lipinski definition) is 1. The van der Waals surface area contributed by atoms with Crippen molar-refractivity contribution in [3.8, 4) is 0 Å². The lowest BCUT2D eigenvalue weighted by molar-refractivity contribution is 0.0601. The molecule has 2 aliphatic heterocycles. The average molecular weight is 289 g/mol. The molecule has 3 rings (SSSR count). The van der Waals surface area contributed by atoms with Crippen molar-refractivity contribution in [2.45, 2.75) is 25.3 Å². The van der Waals surface area contributed by atoms with E-state index in [1.165, 1.54) is 39.5 Å². The molecule has 2 aliphatic rings. The van der Waals surface area contributed by atoms with Gasteiger partial charge in [-0.15, -0.1) is 0 Å². The lowest BCUT2D eigenvalue weighted by Crippen LogP contribution is -2.35. The maximum atomic E-state index is 11.5. The van der Waals surface area contributed by atoms with E-state index in [9.17, 15) is 4.79 Å². The highest BCUT2D eigenvalue weighted by atomic mass is 16.5. The maximum Gasteiger partial charge on any atom is 0.337 e. The molecule has 0 amide bonds. The van der Waals surface area contributed by atoms with Crippen LogP contribution >= 0.6 is 0 Å². The van der Waals surface area contributed by atoms with Crippen molar-refractivity contribution in [3.05, 3.63) is 23.8 Å². The van der Waals surface area contributed by atoms with E-state index in [1.807, 2.05) is 6.07 Å². The Labute approximate surface area is 125 Å². The van der Waals surface area contributed by atoms with Crippen LogP contribution in [-0.2, 0) is 4.74 Å². The molecule has 5 heteroatoms. The molecule has 0 aromatic heterocycles. The van der Waals surface area contributed by atoms with Crippen LogP contribution in [0, 0.1) is 0 Å². The van der Waals surface area contributed by atoms with Gasteiger partial charge >= 0.3 is 5.97 Å². The number of benzene rings is 1. The van der Waals surface area contributed by atoms with Crippen molar-refractivity contribution >= 4 is 17.3 Å². The van der Waals surface area contributed by atoms with Gasteiger partial charge < -0.3 is 15.4 Å². The van der Waals surface area contributed by atoms with Gasteiger partial charge in [0.05, 0.1) is 24.0 Å². The molecule has 0 bridgehead atoms. The summed E-state index contributed by atoms with van der Waals surface area (Å²) in [4.78, 5) is 16.5. The first-order valence-electron chi connectivity index (χ1n) is 7.66. The molecule has 2 saturated heterocycles. The molecule has 114 valence electrons. The van der Waals surface area contributed by atoms with Crippen LogP contribution in [0.4, 0.5) is 11.4 Å². The summed E-state index contributed by atoms with van der Waals surface area (Å²) < 4.78 is 4.73. The van der Waals surface area contributed by atoms with Gasteiger partial charge in [0.1, 0.15) is 0 Å². The number of ether oxygens (including phenoxy) is 1. The third-order valence-electron chi connectivity index (χ3n) is 4.61. The summed E-state index contributed by atoms with van der Waals surface area (Å²) in [5.41, 5.74) is 8.32. The van der Waals surface area contributed by atoms with Crippen LogP contribution in [0.3, 0.4) is 0 Å². The van der Waals surface area contributed by atoms with Crippen molar-refractivity contribution in [3.63, 3.8) is 0 Å². The van der Waals surface area contributed by atoms with Crippen LogP contribution in [0.1, 0.15) is 29.6 Å². The van der Waals surface area contributed by atoms with Crippen LogP contribution in [0.5, 0.6) is 0 Å². The topological polar surface area (TPSA) is 58.8 Å². The van der Waals surface area contributed by atoms with Crippen LogP contribution < -0.4 is 10.6 Å². The van der Waals surface area contributed by atoms with Crippen LogP contribution in [0.2, 0.25) is 0 Å². The summed E-state index contributed by atoms with van der Waals surface area (Å²) in [5, 5.41) is 0. The summed E-state index contributed by atoms with van der Waals surface area (Å²) in [7, 11) is 1.38. The number of carbonyl (C=O) groups is 1. The highest BCUT2D eigenvalue weighted by molar-refractivity contribution is 5.92. The summed E-state index contributed by atoms with van der Waals surface area (Å²) in [5.74, 6) is -0.343. The van der Waals surface area contributed by atoms with E-state index in [0.29, 0.717) is 17.3 Å². The molecular weight excluding hydrogens is 266 g/mol. The van der Waals surface area contributed by atoms with E-state index in [-0.39, 0.29) is 5.97 Å². The summed E-state index contributed by atoms with van der Waals surface area (Å²) >= 11 is 0. The number of nitrogen functional groups attached to an aromatic ring is 1. The van der Waals surface area contributed by atoms with E-state index in [4.69, 9.17) is 10.5 Å². The Bertz CT molecular complexity index is 526. The Morgan fingerprint density at radius 3 is 2.71 bits per heavy atom. The number of hydrogen-bond acceptors (Lipinski definition) is 5. The van der Waals surface area contributed by atoms with Gasteiger partial charge in [-0.25, -0.2) is 4.79 Å². The predicted molar refractivity (Wildman–Crippen MR) is 83.6 cm³/mol. The molecule has 0 saturated carbocycles. The van der Waals surface area contributed by atoms with E-state index < -0.39 is 0 Å². The zero-order valence-corrected chi connectivity index (χ0v) is 12.5. The predicted octanol–water partition coefficient (Wildman–Crippen LogP) is 1.73. The van der Waals surface area contributed by atoms with E-state index in [1.54, 1.807) is 12.1 Å². The minimum Gasteiger partial charge on any atom is -0.465 e. The van der Waals surface area contributed by atoms with Crippen LogP contribution in [0.15, 0.2) is 18.2 Å². The summed E-state index contributed by atoms with van der Waals surface area (Å²) in [6.45, 7) is 4.52. The van der Waals surface area contributed by atoms with Gasteiger partial charge in [0.25, 0.3) is 0 Å². The number of nitrogens with two attached hydrogens (primary N) is 1. The molecule has 1 aromatic rings. The average Bonchev–Trinajstić information content (AvgIpc) is 3.16. The fourth-order valence-corrected chi connectivity index (χ4v) is 3.45. The molecule has 2 heterocycles. The number of esters is 1. The molecule has 1 atom stereocenters. The molecule has 21 heavy (non-hydrogen) atoms. The number of likely N-dealkylation sites (tertiary alicyclic amines) is 1. The Balaban J connectivity index is 1.71. The second kappa shape index (κ2) is 5.93. The number of carbonyl (C=O) groups excluding carboxylic acids is 1. The standard InChI is InChI=1S/C16H23N3O2/c1-21-16(20)12-4-5-15(14(17)10-12)19-9-6-13(11-19)18-7-2-3-8-18/h4-5,10,13H,2-3,6-9,11,17H2,1H3. The molecule has 1 unspecified atom stereocenters. The molecule has 0 spiro atoms. The Morgan fingerprint density at radius 2 is 2.05 bits per heavy atom. The van der Waals surface area contributed by atoms with Gasteiger partial charge in [-0.2, -0.15) is 0 Å². The zero-order chi connectivity index (χ0) is 14.8. The molecule has 0 radical (unpaired) electrons. The lowest BCUT2D eigenvalue weighted by Gasteiger charge is -2.25. The minimum absolute atomic E-state index is 0.343. The number of methoxy groups -OCH3 is 1. The van der Waals surface area contributed by atoms with Crippen molar-refractivity contribution in [1.82, 2.24) is 4.90 Å². The lowest BCUT2D eigenvalue weighted by atomic mass is 10.1. The smallest absolute Gasteiger partial charge is 0.337 e. The number of anilines is 2. The van der Waals surface area contributed by atoms with Gasteiger partial charge in [-0.3, -0.25) is 4.90 Å². The van der Waals surface area contributed by atoms with E-state index >= 15 is 0 Å². The Morgan fingerprint density at radius 1 is 1.29 bits per heavy atom. The highest BCUT2D eigenvalue weighted by Gasteiger charge is 2.30. The minimum atomic E-state index is -0.343. The zero-order valence-electron chi connectivity index (χ0n) is 12.5. The SMILES string of the molecule is COC(=O)c1ccc(N2CCC(N3CCCC3)C2)c(N)c1. The van der Waals surface area contributed by atoms with Gasteiger partial charge in [0, 0.05) is 19.1 Å². The molecule has 5 nitrogen and oxygen atoms in total. The van der Waals surface area contributed by atoms with E-state index in [2.05, 4.69) is 9.80 Å². The molecular formula is C16H23N3O2. The first kappa shape index (κ1) is 14.2. The Kier molecular flexibility index (Phi) is 4.01. The quantitative estimate of drug-likeness (QED) is 0.678. The van der Waals surface area contributed by atoms with Crippen molar-refractivity contribution < 1.29 is 9.53 Å². The van der Waals surface area contributed by atoms with Crippen LogP contribution in [0.25, 0.3) is 0 Å². The second-order valence-electron chi connectivity index (χ2n) is 5.90. The first-order chi connectivity index (χ1) is 10.2. The fraction of sp³-hybridized carbons (Fsp3) is 0.562. The number of rotatable bonds is 3. The van der Waals surface area contributed by atoms with Crippen molar-refractivity contribution in [2.24, 2.45) is 0 Å². The highest BCUT2D eigenvalue weighted by Crippen LogP contribution is 2.30. The van der Waals surface area contributed by atoms with Crippen molar-refractivity contribution in [1.29, 1.82) is 0 Å². The monoisotopic (exact) mass is 289 g/mol. The molecule has 2 fully saturated rings. The van der Waals surface area contributed by atoms with Gasteiger partial charge in [-0.05, 0) is 50.6 Å².